The van der Waals surface area contributed by atoms with Crippen LogP contribution in [0.4, 0.5) is 0 Å². The second-order valence-electron chi connectivity index (χ2n) is 4.19. The molecule has 0 bridgehead atoms. The summed E-state index contributed by atoms with van der Waals surface area (Å²) in [5, 5.41) is 6.26. The molecule has 0 radical (unpaired) electrons. The highest BCUT2D eigenvalue weighted by molar-refractivity contribution is 14.0. The number of carbonyl (C=O) groups excluding carboxylic acids is 1. The molecule has 0 heterocycles. The van der Waals surface area contributed by atoms with Crippen LogP contribution in [0.15, 0.2) is 17.1 Å². The van der Waals surface area contributed by atoms with Gasteiger partial charge in [-0.2, -0.15) is 0 Å². The number of hydrogen-bond donors (Lipinski definition) is 2. The van der Waals surface area contributed by atoms with E-state index in [1.807, 2.05) is 6.92 Å². The predicted octanol–water partition coefficient (Wildman–Crippen LogP) is 1.21. The highest BCUT2D eigenvalue weighted by atomic mass is 127. The largest absolute Gasteiger partial charge is 0.356 e. The molecule has 0 unspecified atom stereocenters. The van der Waals surface area contributed by atoms with E-state index in [0.29, 0.717) is 12.5 Å². The Morgan fingerprint density at radius 2 is 1.94 bits per heavy atom. The van der Waals surface area contributed by atoms with Crippen LogP contribution in [0.5, 0.6) is 0 Å². The molecule has 2 N–H and O–H groups in total. The summed E-state index contributed by atoms with van der Waals surface area (Å²) in [6, 6.07) is 0. The van der Waals surface area contributed by atoms with Crippen molar-refractivity contribution in [2.24, 2.45) is 4.99 Å². The van der Waals surface area contributed by atoms with Crippen LogP contribution in [0, 0.1) is 0 Å². The molecule has 0 saturated heterocycles. The van der Waals surface area contributed by atoms with Crippen molar-refractivity contribution in [3.63, 3.8) is 0 Å². The fourth-order valence-electron chi connectivity index (χ4n) is 0.940. The molecule has 0 aromatic heterocycles. The van der Waals surface area contributed by atoms with E-state index in [9.17, 15) is 4.79 Å². The van der Waals surface area contributed by atoms with E-state index >= 15 is 0 Å². The molecule has 0 saturated carbocycles. The van der Waals surface area contributed by atoms with E-state index in [4.69, 9.17) is 0 Å². The Balaban J connectivity index is 0. The Morgan fingerprint density at radius 3 is 2.39 bits per heavy atom. The van der Waals surface area contributed by atoms with E-state index in [0.717, 1.165) is 18.5 Å². The van der Waals surface area contributed by atoms with E-state index in [1.54, 1.807) is 14.1 Å². The van der Waals surface area contributed by atoms with Gasteiger partial charge in [-0.15, -0.1) is 24.0 Å². The van der Waals surface area contributed by atoms with Gasteiger partial charge in [0.2, 0.25) is 5.91 Å². The normalized spacial score (nSPS) is 10.3. The highest BCUT2D eigenvalue weighted by Gasteiger charge is 2.03. The molecule has 0 aliphatic heterocycles. The highest BCUT2D eigenvalue weighted by Crippen LogP contribution is 1.85. The van der Waals surface area contributed by atoms with Crippen LogP contribution in [-0.2, 0) is 4.79 Å². The number of halogens is 1. The first kappa shape index (κ1) is 19.5. The molecule has 0 aliphatic carbocycles. The lowest BCUT2D eigenvalue weighted by molar-refractivity contribution is -0.127. The van der Waals surface area contributed by atoms with E-state index in [2.05, 4.69) is 29.1 Å². The van der Waals surface area contributed by atoms with Crippen molar-refractivity contribution in [1.29, 1.82) is 0 Å². The first-order valence-electron chi connectivity index (χ1n) is 5.84. The van der Waals surface area contributed by atoms with Gasteiger partial charge in [0.25, 0.3) is 0 Å². The van der Waals surface area contributed by atoms with Crippen molar-refractivity contribution >= 4 is 35.8 Å². The monoisotopic (exact) mass is 368 g/mol. The minimum atomic E-state index is -0.0158. The average Bonchev–Trinajstić information content (AvgIpc) is 2.27. The number of hydrogen-bond acceptors (Lipinski definition) is 2. The van der Waals surface area contributed by atoms with Crippen molar-refractivity contribution < 1.29 is 4.79 Å². The Morgan fingerprint density at radius 1 is 1.33 bits per heavy atom. The minimum Gasteiger partial charge on any atom is -0.356 e. The third-order valence-corrected chi connectivity index (χ3v) is 1.97. The molecule has 0 aromatic rings. The topological polar surface area (TPSA) is 56.7 Å². The summed E-state index contributed by atoms with van der Waals surface area (Å²) in [4.78, 5) is 17.1. The molecule has 0 rings (SSSR count). The zero-order chi connectivity index (χ0) is 13.3. The quantitative estimate of drug-likeness (QED) is 0.321. The second-order valence-corrected chi connectivity index (χ2v) is 4.19. The van der Waals surface area contributed by atoms with Crippen molar-refractivity contribution in [2.45, 2.75) is 20.3 Å². The van der Waals surface area contributed by atoms with Gasteiger partial charge in [0.05, 0.1) is 0 Å². The Kier molecular flexibility index (Phi) is 12.3. The maximum atomic E-state index is 11.4. The number of rotatable bonds is 6. The summed E-state index contributed by atoms with van der Waals surface area (Å²) < 4.78 is 0. The van der Waals surface area contributed by atoms with Crippen molar-refractivity contribution in [1.82, 2.24) is 15.5 Å². The molecule has 6 heteroatoms. The van der Waals surface area contributed by atoms with Gasteiger partial charge in [0.15, 0.2) is 5.96 Å². The summed E-state index contributed by atoms with van der Waals surface area (Å²) in [6.45, 7) is 9.47. The van der Waals surface area contributed by atoms with Gasteiger partial charge in [-0.25, -0.2) is 4.99 Å². The van der Waals surface area contributed by atoms with E-state index < -0.39 is 0 Å². The summed E-state index contributed by atoms with van der Waals surface area (Å²) >= 11 is 0. The molecule has 0 fully saturated rings. The van der Waals surface area contributed by atoms with E-state index in [1.165, 1.54) is 4.90 Å². The average molecular weight is 368 g/mol. The van der Waals surface area contributed by atoms with Gasteiger partial charge < -0.3 is 15.5 Å². The van der Waals surface area contributed by atoms with Crippen LogP contribution in [0.1, 0.15) is 20.3 Å². The lowest BCUT2D eigenvalue weighted by atomic mass is 10.3. The summed E-state index contributed by atoms with van der Waals surface area (Å²) in [5.74, 6) is 0.642. The zero-order valence-electron chi connectivity index (χ0n) is 11.7. The van der Waals surface area contributed by atoms with Crippen molar-refractivity contribution in [2.75, 3.05) is 33.7 Å². The van der Waals surface area contributed by atoms with Crippen LogP contribution < -0.4 is 10.6 Å². The number of guanidine groups is 1. The Hall–Kier alpha value is -0.790. The third kappa shape index (κ3) is 10.4. The van der Waals surface area contributed by atoms with Gasteiger partial charge in [-0.05, 0) is 13.3 Å². The second kappa shape index (κ2) is 11.3. The van der Waals surface area contributed by atoms with Crippen molar-refractivity contribution in [3.05, 3.63) is 12.2 Å². The summed E-state index contributed by atoms with van der Waals surface area (Å²) in [7, 11) is 3.44. The van der Waals surface area contributed by atoms with E-state index in [-0.39, 0.29) is 36.4 Å². The number of aliphatic imine (C=N–C) groups is 1. The van der Waals surface area contributed by atoms with Gasteiger partial charge >= 0.3 is 0 Å². The molecule has 0 aromatic carbocycles. The van der Waals surface area contributed by atoms with Gasteiger partial charge in [-0.1, -0.05) is 19.1 Å². The van der Waals surface area contributed by atoms with Gasteiger partial charge in [0.1, 0.15) is 6.54 Å². The molecular formula is C12H25IN4O. The molecular weight excluding hydrogens is 343 g/mol. The van der Waals surface area contributed by atoms with Crippen LogP contribution >= 0.6 is 24.0 Å². The molecule has 0 spiro atoms. The fraction of sp³-hybridized carbons (Fsp3) is 0.667. The Labute approximate surface area is 127 Å². The number of nitrogens with one attached hydrogen (secondary N) is 2. The molecule has 106 valence electrons. The molecule has 5 nitrogen and oxygen atoms in total. The maximum Gasteiger partial charge on any atom is 0.243 e. The van der Waals surface area contributed by atoms with Crippen LogP contribution in [0.25, 0.3) is 0 Å². The predicted molar refractivity (Wildman–Crippen MR) is 87.5 cm³/mol. The van der Waals surface area contributed by atoms with Crippen LogP contribution in [-0.4, -0.2) is 50.5 Å². The first-order chi connectivity index (χ1) is 7.97. The van der Waals surface area contributed by atoms with Crippen LogP contribution in [0.3, 0.4) is 0 Å². The number of likely N-dealkylation sites (N-methyl/N-ethyl adjacent to an activating group) is 1. The summed E-state index contributed by atoms with van der Waals surface area (Å²) in [6.07, 6.45) is 1.01. The first-order valence-corrected chi connectivity index (χ1v) is 5.84. The summed E-state index contributed by atoms with van der Waals surface area (Å²) in [5.41, 5.74) is 1.02. The molecule has 1 amide bonds. The zero-order valence-corrected chi connectivity index (χ0v) is 14.1. The maximum absolute atomic E-state index is 11.4. The number of carbonyl (C=O) groups is 1. The number of nitrogens with zero attached hydrogens (tertiary/aromatic N) is 2. The number of amides is 1. The minimum absolute atomic E-state index is 0. The van der Waals surface area contributed by atoms with Crippen LogP contribution in [0.2, 0.25) is 0 Å². The standard InChI is InChI=1S/C12H24N4O.HI/c1-6-7-13-12(14-8-10(2)3)15-9-11(17)16(4)5;/h2,6-9H2,1,3-5H3,(H2,13,14,15);1H. The van der Waals surface area contributed by atoms with Gasteiger partial charge in [0, 0.05) is 27.2 Å². The SMILES string of the molecule is C=C(C)CNC(=NCC(=O)N(C)C)NCCC.I. The Bertz CT molecular complexity index is 290. The lowest BCUT2D eigenvalue weighted by Crippen LogP contribution is -2.39. The lowest BCUT2D eigenvalue weighted by Gasteiger charge is -2.13. The third-order valence-electron chi connectivity index (χ3n) is 1.97. The molecule has 0 atom stereocenters. The molecule has 0 aliphatic rings. The smallest absolute Gasteiger partial charge is 0.243 e. The van der Waals surface area contributed by atoms with Gasteiger partial charge in [-0.3, -0.25) is 4.79 Å². The fourth-order valence-corrected chi connectivity index (χ4v) is 0.940. The van der Waals surface area contributed by atoms with Crippen molar-refractivity contribution in [3.8, 4) is 0 Å². The molecule has 18 heavy (non-hydrogen) atoms.